The zero-order chi connectivity index (χ0) is 17.9. The lowest BCUT2D eigenvalue weighted by Gasteiger charge is -2.17. The number of aryl methyl sites for hydroxylation is 1. The third kappa shape index (κ3) is 3.73. The fourth-order valence-electron chi connectivity index (χ4n) is 2.94. The van der Waals surface area contributed by atoms with Crippen molar-refractivity contribution in [2.45, 2.75) is 33.1 Å². The van der Waals surface area contributed by atoms with Crippen molar-refractivity contribution in [1.82, 2.24) is 5.32 Å². The summed E-state index contributed by atoms with van der Waals surface area (Å²) < 4.78 is 0. The van der Waals surface area contributed by atoms with Gasteiger partial charge in [-0.25, -0.2) is 0 Å². The average Bonchev–Trinajstić information content (AvgIpc) is 3.42. The van der Waals surface area contributed by atoms with E-state index in [1.807, 2.05) is 62.4 Å². The first-order valence-electron chi connectivity index (χ1n) is 8.73. The number of amides is 2. The van der Waals surface area contributed by atoms with E-state index in [0.29, 0.717) is 19.4 Å². The van der Waals surface area contributed by atoms with Crippen LogP contribution in [0.5, 0.6) is 0 Å². The molecule has 1 aliphatic carbocycles. The quantitative estimate of drug-likeness (QED) is 0.795. The normalized spacial score (nSPS) is 14.6. The van der Waals surface area contributed by atoms with Gasteiger partial charge in [-0.15, -0.1) is 0 Å². The van der Waals surface area contributed by atoms with Crippen LogP contribution >= 0.6 is 0 Å². The van der Waals surface area contributed by atoms with Gasteiger partial charge in [0.05, 0.1) is 0 Å². The molecular weight excluding hydrogens is 312 g/mol. The van der Waals surface area contributed by atoms with Crippen molar-refractivity contribution in [3.63, 3.8) is 0 Å². The fourth-order valence-corrected chi connectivity index (χ4v) is 2.94. The number of carbonyl (C=O) groups is 2. The van der Waals surface area contributed by atoms with Gasteiger partial charge in [-0.3, -0.25) is 9.59 Å². The third-order valence-electron chi connectivity index (χ3n) is 5.01. The summed E-state index contributed by atoms with van der Waals surface area (Å²) in [5, 5.41) is 5.87. The molecule has 2 aromatic carbocycles. The Labute approximate surface area is 148 Å². The average molecular weight is 336 g/mol. The third-order valence-corrected chi connectivity index (χ3v) is 5.01. The molecule has 2 amide bonds. The lowest BCUT2D eigenvalue weighted by molar-refractivity contribution is -0.134. The van der Waals surface area contributed by atoms with Crippen LogP contribution in [-0.2, 0) is 16.0 Å². The van der Waals surface area contributed by atoms with Gasteiger partial charge in [0.25, 0.3) is 0 Å². The summed E-state index contributed by atoms with van der Waals surface area (Å²) in [6, 6.07) is 15.8. The van der Waals surface area contributed by atoms with Gasteiger partial charge in [0.1, 0.15) is 5.41 Å². The molecule has 4 heteroatoms. The van der Waals surface area contributed by atoms with E-state index >= 15 is 0 Å². The van der Waals surface area contributed by atoms with E-state index in [2.05, 4.69) is 10.6 Å². The highest BCUT2D eigenvalue weighted by molar-refractivity contribution is 6.13. The van der Waals surface area contributed by atoms with Crippen LogP contribution in [0.2, 0.25) is 0 Å². The van der Waals surface area contributed by atoms with Crippen molar-refractivity contribution >= 4 is 17.5 Å². The fraction of sp³-hybridized carbons (Fsp3) is 0.333. The van der Waals surface area contributed by atoms with Gasteiger partial charge in [0.15, 0.2) is 0 Å². The van der Waals surface area contributed by atoms with Gasteiger partial charge in [0, 0.05) is 12.2 Å². The standard InChI is InChI=1S/C21H24N2O2/c1-15-7-6-10-18(16(15)2)23-20(25)21(12-13-21)19(24)22-14-11-17-8-4-3-5-9-17/h3-10H,11-14H2,1-2H3,(H,22,24)(H,23,25). The number of hydrogen-bond acceptors (Lipinski definition) is 2. The number of hydrogen-bond donors (Lipinski definition) is 2. The Morgan fingerprint density at radius 1 is 0.960 bits per heavy atom. The highest BCUT2D eigenvalue weighted by atomic mass is 16.2. The van der Waals surface area contributed by atoms with Gasteiger partial charge in [-0.1, -0.05) is 42.5 Å². The molecule has 0 atom stereocenters. The summed E-state index contributed by atoms with van der Waals surface area (Å²) >= 11 is 0. The smallest absolute Gasteiger partial charge is 0.240 e. The Bertz CT molecular complexity index is 780. The van der Waals surface area contributed by atoms with Crippen LogP contribution in [0, 0.1) is 19.3 Å². The molecule has 0 spiro atoms. The van der Waals surface area contributed by atoms with Crippen molar-refractivity contribution in [3.05, 3.63) is 65.2 Å². The maximum absolute atomic E-state index is 12.7. The van der Waals surface area contributed by atoms with Gasteiger partial charge >= 0.3 is 0 Å². The number of rotatable bonds is 6. The molecule has 0 heterocycles. The summed E-state index contributed by atoms with van der Waals surface area (Å²) in [6.45, 7) is 4.53. The first-order chi connectivity index (χ1) is 12.0. The predicted octanol–water partition coefficient (Wildman–Crippen LogP) is 3.38. The molecule has 0 bridgehead atoms. The maximum Gasteiger partial charge on any atom is 0.240 e. The van der Waals surface area contributed by atoms with Crippen LogP contribution in [-0.4, -0.2) is 18.4 Å². The molecule has 0 saturated heterocycles. The second-order valence-corrected chi connectivity index (χ2v) is 6.78. The van der Waals surface area contributed by atoms with Crippen molar-refractivity contribution in [1.29, 1.82) is 0 Å². The Balaban J connectivity index is 1.58. The van der Waals surface area contributed by atoms with E-state index in [0.717, 1.165) is 23.2 Å². The maximum atomic E-state index is 12.7. The number of nitrogens with one attached hydrogen (secondary N) is 2. The van der Waals surface area contributed by atoms with Crippen LogP contribution < -0.4 is 10.6 Å². The van der Waals surface area contributed by atoms with E-state index in [4.69, 9.17) is 0 Å². The summed E-state index contributed by atoms with van der Waals surface area (Å²) in [5.74, 6) is -0.357. The van der Waals surface area contributed by atoms with Crippen LogP contribution in [0.15, 0.2) is 48.5 Å². The first kappa shape index (κ1) is 17.2. The molecule has 1 saturated carbocycles. The monoisotopic (exact) mass is 336 g/mol. The second kappa shape index (κ2) is 7.09. The molecule has 0 unspecified atom stereocenters. The van der Waals surface area contributed by atoms with Crippen molar-refractivity contribution in [2.75, 3.05) is 11.9 Å². The lowest BCUT2D eigenvalue weighted by atomic mass is 10.0. The van der Waals surface area contributed by atoms with E-state index < -0.39 is 5.41 Å². The molecule has 4 nitrogen and oxygen atoms in total. The van der Waals surface area contributed by atoms with Crippen LogP contribution in [0.3, 0.4) is 0 Å². The molecule has 130 valence electrons. The molecule has 0 radical (unpaired) electrons. The zero-order valence-corrected chi connectivity index (χ0v) is 14.8. The molecule has 2 aromatic rings. The minimum atomic E-state index is -0.896. The summed E-state index contributed by atoms with van der Waals surface area (Å²) in [6.07, 6.45) is 1.99. The highest BCUT2D eigenvalue weighted by Crippen LogP contribution is 2.47. The molecule has 1 aliphatic rings. The first-order valence-corrected chi connectivity index (χ1v) is 8.73. The molecule has 0 aromatic heterocycles. The Morgan fingerprint density at radius 3 is 2.36 bits per heavy atom. The molecule has 3 rings (SSSR count). The molecule has 0 aliphatic heterocycles. The number of benzene rings is 2. The molecule has 25 heavy (non-hydrogen) atoms. The van der Waals surface area contributed by atoms with Gasteiger partial charge < -0.3 is 10.6 Å². The largest absolute Gasteiger partial charge is 0.355 e. The van der Waals surface area contributed by atoms with Gasteiger partial charge in [-0.05, 0) is 55.9 Å². The summed E-state index contributed by atoms with van der Waals surface area (Å²) in [4.78, 5) is 25.2. The summed E-state index contributed by atoms with van der Waals surface area (Å²) in [7, 11) is 0. The summed E-state index contributed by atoms with van der Waals surface area (Å²) in [5.41, 5.74) is 3.22. The Morgan fingerprint density at radius 2 is 1.68 bits per heavy atom. The van der Waals surface area contributed by atoms with E-state index in [-0.39, 0.29) is 11.8 Å². The lowest BCUT2D eigenvalue weighted by Crippen LogP contribution is -2.40. The SMILES string of the molecule is Cc1cccc(NC(=O)C2(C(=O)NCCc3ccccc3)CC2)c1C. The topological polar surface area (TPSA) is 58.2 Å². The van der Waals surface area contributed by atoms with Crippen molar-refractivity contribution in [2.24, 2.45) is 5.41 Å². The van der Waals surface area contributed by atoms with Gasteiger partial charge in [-0.2, -0.15) is 0 Å². The number of carbonyl (C=O) groups excluding carboxylic acids is 2. The zero-order valence-electron chi connectivity index (χ0n) is 14.8. The van der Waals surface area contributed by atoms with Crippen molar-refractivity contribution in [3.8, 4) is 0 Å². The highest BCUT2D eigenvalue weighted by Gasteiger charge is 2.56. The Hall–Kier alpha value is -2.62. The molecule has 2 N–H and O–H groups in total. The minimum absolute atomic E-state index is 0.161. The van der Waals surface area contributed by atoms with E-state index in [1.165, 1.54) is 5.56 Å². The van der Waals surface area contributed by atoms with Crippen LogP contribution in [0.4, 0.5) is 5.69 Å². The van der Waals surface area contributed by atoms with Crippen molar-refractivity contribution < 1.29 is 9.59 Å². The minimum Gasteiger partial charge on any atom is -0.355 e. The predicted molar refractivity (Wildman–Crippen MR) is 99.4 cm³/mol. The van der Waals surface area contributed by atoms with E-state index in [1.54, 1.807) is 0 Å². The van der Waals surface area contributed by atoms with Gasteiger partial charge in [0.2, 0.25) is 11.8 Å². The molecule has 1 fully saturated rings. The van der Waals surface area contributed by atoms with E-state index in [9.17, 15) is 9.59 Å². The molecular formula is C21H24N2O2. The number of anilines is 1. The Kier molecular flexibility index (Phi) is 4.88. The van der Waals surface area contributed by atoms with Crippen LogP contribution in [0.1, 0.15) is 29.5 Å². The second-order valence-electron chi connectivity index (χ2n) is 6.78. The van der Waals surface area contributed by atoms with Crippen LogP contribution in [0.25, 0.3) is 0 Å².